The first-order chi connectivity index (χ1) is 8.06. The lowest BCUT2D eigenvalue weighted by atomic mass is 10.0. The molecule has 0 N–H and O–H groups in total. The van der Waals surface area contributed by atoms with Gasteiger partial charge in [-0.05, 0) is 24.5 Å². The molecule has 0 fully saturated rings. The fraction of sp³-hybridized carbons (Fsp3) is 0.462. The highest BCUT2D eigenvalue weighted by molar-refractivity contribution is 5.95. The quantitative estimate of drug-likeness (QED) is 0.781. The van der Waals surface area contributed by atoms with Gasteiger partial charge in [0.1, 0.15) is 6.04 Å². The lowest BCUT2D eigenvalue weighted by Gasteiger charge is -2.27. The van der Waals surface area contributed by atoms with Crippen LogP contribution in [0.3, 0.4) is 0 Å². The molecule has 91 valence electrons. The summed E-state index contributed by atoms with van der Waals surface area (Å²) in [5.41, 5.74) is 0.682. The van der Waals surface area contributed by atoms with Gasteiger partial charge >= 0.3 is 0 Å². The second-order valence-electron chi connectivity index (χ2n) is 4.36. The van der Waals surface area contributed by atoms with Crippen molar-refractivity contribution in [2.24, 2.45) is 5.92 Å². The van der Waals surface area contributed by atoms with Gasteiger partial charge in [0.2, 0.25) is 12.2 Å². The lowest BCUT2D eigenvalue weighted by Crippen LogP contribution is -2.41. The maximum atomic E-state index is 11.7. The Morgan fingerprint density at radius 1 is 1.41 bits per heavy atom. The number of pyridine rings is 1. The van der Waals surface area contributed by atoms with E-state index < -0.39 is 6.04 Å². The monoisotopic (exact) mass is 233 g/mol. The molecule has 1 aromatic rings. The Bertz CT molecular complexity index is 376. The Morgan fingerprint density at radius 2 is 2.00 bits per heavy atom. The fourth-order valence-electron chi connectivity index (χ4n) is 1.74. The van der Waals surface area contributed by atoms with Crippen LogP contribution in [0.25, 0.3) is 0 Å². The van der Waals surface area contributed by atoms with Crippen LogP contribution in [0.4, 0.5) is 5.69 Å². The van der Waals surface area contributed by atoms with E-state index in [1.807, 2.05) is 20.1 Å². The minimum atomic E-state index is -0.533. The topological polar surface area (TPSA) is 50.3 Å². The molecule has 0 saturated heterocycles. The van der Waals surface area contributed by atoms with Crippen molar-refractivity contribution < 1.29 is 9.59 Å². The van der Waals surface area contributed by atoms with Gasteiger partial charge in [-0.2, -0.15) is 0 Å². The predicted molar refractivity (Wildman–Crippen MR) is 66.3 cm³/mol. The molecule has 0 aliphatic rings. The minimum absolute atomic E-state index is 0.162. The van der Waals surface area contributed by atoms with Gasteiger partial charge in [-0.1, -0.05) is 13.8 Å². The van der Waals surface area contributed by atoms with Crippen LogP contribution in [-0.2, 0) is 9.59 Å². The van der Waals surface area contributed by atoms with E-state index in [0.29, 0.717) is 18.0 Å². The third-order valence-electron chi connectivity index (χ3n) is 2.42. The second kappa shape index (κ2) is 6.13. The molecule has 0 aromatic carbocycles. The molecular weight excluding hydrogens is 216 g/mol. The van der Waals surface area contributed by atoms with Crippen LogP contribution in [0, 0.1) is 5.92 Å². The summed E-state index contributed by atoms with van der Waals surface area (Å²) in [5.74, 6) is 0.162. The zero-order valence-electron chi connectivity index (χ0n) is 10.4. The van der Waals surface area contributed by atoms with Crippen LogP contribution >= 0.6 is 0 Å². The molecule has 1 heterocycles. The van der Waals surface area contributed by atoms with Gasteiger partial charge in [-0.3, -0.25) is 14.6 Å². The van der Waals surface area contributed by atoms with E-state index in [2.05, 4.69) is 4.98 Å². The molecule has 0 unspecified atom stereocenters. The number of hydrogen-bond acceptors (Lipinski definition) is 3. The number of rotatable bonds is 5. The van der Waals surface area contributed by atoms with Crippen molar-refractivity contribution in [3.63, 3.8) is 0 Å². The van der Waals surface area contributed by atoms with Crippen molar-refractivity contribution in [3.8, 4) is 0 Å². The van der Waals surface area contributed by atoms with Crippen LogP contribution < -0.4 is 4.90 Å². The summed E-state index contributed by atoms with van der Waals surface area (Å²) in [4.78, 5) is 28.0. The van der Waals surface area contributed by atoms with Crippen molar-refractivity contribution in [2.45, 2.75) is 33.2 Å². The number of hydrogen-bond donors (Lipinski definition) is 0. The molecule has 1 atom stereocenters. The molecule has 1 aromatic heterocycles. The van der Waals surface area contributed by atoms with Gasteiger partial charge in [0.25, 0.3) is 0 Å². The normalized spacial score (nSPS) is 12.2. The van der Waals surface area contributed by atoms with E-state index in [9.17, 15) is 9.59 Å². The number of anilines is 1. The summed E-state index contributed by atoms with van der Waals surface area (Å²) >= 11 is 0. The smallest absolute Gasteiger partial charge is 0.224 e. The number of nitrogens with zero attached hydrogens (tertiary/aromatic N) is 2. The molecule has 1 radical (unpaired) electrons. The molecule has 4 nitrogen and oxygen atoms in total. The third-order valence-corrected chi connectivity index (χ3v) is 2.42. The number of aromatic nitrogens is 1. The molecule has 0 spiro atoms. The predicted octanol–water partition coefficient (Wildman–Crippen LogP) is 1.96. The van der Waals surface area contributed by atoms with Crippen LogP contribution in [0.1, 0.15) is 27.2 Å². The Hall–Kier alpha value is -1.71. The zero-order chi connectivity index (χ0) is 12.8. The van der Waals surface area contributed by atoms with E-state index >= 15 is 0 Å². The van der Waals surface area contributed by atoms with Gasteiger partial charge < -0.3 is 4.90 Å². The lowest BCUT2D eigenvalue weighted by molar-refractivity contribution is -0.116. The highest BCUT2D eigenvalue weighted by atomic mass is 16.2. The Morgan fingerprint density at radius 3 is 2.41 bits per heavy atom. The highest BCUT2D eigenvalue weighted by Crippen LogP contribution is 2.19. The Labute approximate surface area is 102 Å². The SMILES string of the molecule is CC(=O)N(c1ccncc1)[C@H]([C]=O)CC(C)C. The van der Waals surface area contributed by atoms with E-state index in [1.54, 1.807) is 24.5 Å². The first-order valence-corrected chi connectivity index (χ1v) is 5.63. The maximum Gasteiger partial charge on any atom is 0.224 e. The van der Waals surface area contributed by atoms with Crippen molar-refractivity contribution in [3.05, 3.63) is 24.5 Å². The van der Waals surface area contributed by atoms with Crippen LogP contribution in [-0.4, -0.2) is 23.2 Å². The van der Waals surface area contributed by atoms with E-state index in [0.717, 1.165) is 0 Å². The van der Waals surface area contributed by atoms with Gasteiger partial charge in [0.15, 0.2) is 0 Å². The minimum Gasteiger partial charge on any atom is -0.302 e. The van der Waals surface area contributed by atoms with Gasteiger partial charge in [-0.15, -0.1) is 0 Å². The zero-order valence-corrected chi connectivity index (χ0v) is 10.4. The van der Waals surface area contributed by atoms with Crippen LogP contribution in [0.2, 0.25) is 0 Å². The standard InChI is InChI=1S/C13H17N2O2/c1-10(2)8-13(9-16)15(11(3)17)12-4-6-14-7-5-12/h4-7,10,13H,8H2,1-3H3/t13-/m0/s1. The van der Waals surface area contributed by atoms with Crippen molar-refractivity contribution in [1.29, 1.82) is 0 Å². The third kappa shape index (κ3) is 3.66. The number of carbonyl (C=O) groups excluding carboxylic acids is 2. The van der Waals surface area contributed by atoms with Crippen LogP contribution in [0.15, 0.2) is 24.5 Å². The molecule has 17 heavy (non-hydrogen) atoms. The van der Waals surface area contributed by atoms with Gasteiger partial charge in [-0.25, -0.2) is 0 Å². The highest BCUT2D eigenvalue weighted by Gasteiger charge is 2.23. The van der Waals surface area contributed by atoms with E-state index in [1.165, 1.54) is 11.8 Å². The van der Waals surface area contributed by atoms with Gasteiger partial charge in [0.05, 0.1) is 0 Å². The van der Waals surface area contributed by atoms with Crippen molar-refractivity contribution in [1.82, 2.24) is 4.98 Å². The average Bonchev–Trinajstić information content (AvgIpc) is 2.28. The summed E-state index contributed by atoms with van der Waals surface area (Å²) < 4.78 is 0. The molecule has 0 aliphatic carbocycles. The fourth-order valence-corrected chi connectivity index (χ4v) is 1.74. The molecule has 4 heteroatoms. The second-order valence-corrected chi connectivity index (χ2v) is 4.36. The molecule has 1 amide bonds. The summed E-state index contributed by atoms with van der Waals surface area (Å²) in [6.45, 7) is 5.47. The first-order valence-electron chi connectivity index (χ1n) is 5.63. The molecule has 0 bridgehead atoms. The largest absolute Gasteiger partial charge is 0.302 e. The number of amides is 1. The molecule has 0 saturated carbocycles. The average molecular weight is 233 g/mol. The Kier molecular flexibility index (Phi) is 4.82. The summed E-state index contributed by atoms with van der Waals surface area (Å²) in [6, 6.07) is 2.90. The maximum absolute atomic E-state index is 11.7. The molecule has 0 aliphatic heterocycles. The Balaban J connectivity index is 2.99. The molecular formula is C13H17N2O2. The molecule has 1 rings (SSSR count). The van der Waals surface area contributed by atoms with Crippen molar-refractivity contribution in [2.75, 3.05) is 4.90 Å². The van der Waals surface area contributed by atoms with E-state index in [4.69, 9.17) is 0 Å². The number of carbonyl (C=O) groups is 1. The van der Waals surface area contributed by atoms with E-state index in [-0.39, 0.29) is 5.91 Å². The first kappa shape index (κ1) is 13.4. The summed E-state index contributed by atoms with van der Waals surface area (Å²) in [5, 5.41) is 0. The summed E-state index contributed by atoms with van der Waals surface area (Å²) in [7, 11) is 0. The van der Waals surface area contributed by atoms with Gasteiger partial charge in [0, 0.05) is 25.0 Å². The van der Waals surface area contributed by atoms with Crippen LogP contribution in [0.5, 0.6) is 0 Å². The summed E-state index contributed by atoms with van der Waals surface area (Å²) in [6.07, 6.45) is 5.75. The van der Waals surface area contributed by atoms with Crippen molar-refractivity contribution >= 4 is 17.9 Å².